The smallest absolute Gasteiger partial charge is 0.224 e. The lowest BCUT2D eigenvalue weighted by Gasteiger charge is -2.16. The van der Waals surface area contributed by atoms with E-state index in [0.717, 1.165) is 43.2 Å². The first-order valence-corrected chi connectivity index (χ1v) is 8.15. The molecule has 1 saturated heterocycles. The minimum absolute atomic E-state index is 0.424. The van der Waals surface area contributed by atoms with Crippen LogP contribution in [-0.4, -0.2) is 42.1 Å². The van der Waals surface area contributed by atoms with Crippen molar-refractivity contribution in [2.45, 2.75) is 19.4 Å². The Morgan fingerprint density at radius 1 is 1.08 bits per heavy atom. The fourth-order valence-electron chi connectivity index (χ4n) is 3.20. The van der Waals surface area contributed by atoms with Crippen LogP contribution in [0, 0.1) is 17.6 Å². The van der Waals surface area contributed by atoms with Crippen LogP contribution in [0.2, 0.25) is 0 Å². The second-order valence-electron chi connectivity index (χ2n) is 6.66. The molecule has 24 heavy (non-hydrogen) atoms. The lowest BCUT2D eigenvalue weighted by molar-refractivity contribution is 0.315. The third kappa shape index (κ3) is 4.26. The number of hydrogen-bond donors (Lipinski definition) is 0. The highest BCUT2D eigenvalue weighted by Gasteiger charge is 2.23. The van der Waals surface area contributed by atoms with Gasteiger partial charge in [-0.15, -0.1) is 0 Å². The maximum Gasteiger partial charge on any atom is 0.224 e. The molecular formula is C18H22F2N4. The van der Waals surface area contributed by atoms with Crippen molar-refractivity contribution in [1.82, 2.24) is 14.9 Å². The van der Waals surface area contributed by atoms with Crippen molar-refractivity contribution in [2.75, 3.05) is 32.1 Å². The van der Waals surface area contributed by atoms with Gasteiger partial charge in [0.05, 0.1) is 0 Å². The summed E-state index contributed by atoms with van der Waals surface area (Å²) in [7, 11) is 3.82. The van der Waals surface area contributed by atoms with Crippen molar-refractivity contribution >= 4 is 5.95 Å². The lowest BCUT2D eigenvalue weighted by Crippen LogP contribution is -2.21. The number of aromatic nitrogens is 2. The lowest BCUT2D eigenvalue weighted by atomic mass is 9.98. The van der Waals surface area contributed by atoms with Crippen molar-refractivity contribution in [3.8, 4) is 0 Å². The Kier molecular flexibility index (Phi) is 5.04. The molecule has 0 aliphatic carbocycles. The van der Waals surface area contributed by atoms with Crippen molar-refractivity contribution in [3.05, 3.63) is 53.4 Å². The molecule has 6 heteroatoms. The summed E-state index contributed by atoms with van der Waals surface area (Å²) in [5.74, 6) is 0.121. The Labute approximate surface area is 141 Å². The summed E-state index contributed by atoms with van der Waals surface area (Å²) < 4.78 is 26.6. The predicted molar refractivity (Wildman–Crippen MR) is 89.8 cm³/mol. The van der Waals surface area contributed by atoms with E-state index < -0.39 is 11.6 Å². The number of hydrogen-bond acceptors (Lipinski definition) is 4. The van der Waals surface area contributed by atoms with E-state index in [4.69, 9.17) is 0 Å². The Balaban J connectivity index is 1.55. The average molecular weight is 332 g/mol. The second kappa shape index (κ2) is 7.21. The molecule has 0 N–H and O–H groups in total. The number of rotatable bonds is 5. The van der Waals surface area contributed by atoms with E-state index in [-0.39, 0.29) is 0 Å². The maximum atomic E-state index is 13.3. The van der Waals surface area contributed by atoms with Gasteiger partial charge >= 0.3 is 0 Å². The van der Waals surface area contributed by atoms with Crippen LogP contribution in [0.1, 0.15) is 17.5 Å². The summed E-state index contributed by atoms with van der Waals surface area (Å²) in [5.41, 5.74) is 1.82. The van der Waals surface area contributed by atoms with Gasteiger partial charge in [-0.3, -0.25) is 4.90 Å². The second-order valence-corrected chi connectivity index (χ2v) is 6.66. The highest BCUT2D eigenvalue weighted by Crippen LogP contribution is 2.23. The van der Waals surface area contributed by atoms with Gasteiger partial charge in [0.1, 0.15) is 11.6 Å². The first-order chi connectivity index (χ1) is 11.5. The number of halogens is 2. The van der Waals surface area contributed by atoms with Gasteiger partial charge in [-0.2, -0.15) is 0 Å². The average Bonchev–Trinajstić information content (AvgIpc) is 2.93. The molecule has 0 amide bonds. The Morgan fingerprint density at radius 2 is 1.75 bits per heavy atom. The monoisotopic (exact) mass is 332 g/mol. The summed E-state index contributed by atoms with van der Waals surface area (Å²) >= 11 is 0. The molecule has 0 saturated carbocycles. The van der Waals surface area contributed by atoms with E-state index in [1.807, 2.05) is 31.4 Å². The Hall–Kier alpha value is -2.08. The molecule has 1 aliphatic heterocycles. The Bertz CT molecular complexity index is 668. The first-order valence-electron chi connectivity index (χ1n) is 8.15. The zero-order valence-electron chi connectivity index (χ0n) is 14.0. The largest absolute Gasteiger partial charge is 0.347 e. The number of anilines is 1. The fraction of sp³-hybridized carbons (Fsp3) is 0.444. The third-order valence-corrected chi connectivity index (χ3v) is 4.31. The summed E-state index contributed by atoms with van der Waals surface area (Å²) in [6.07, 6.45) is 5.46. The summed E-state index contributed by atoms with van der Waals surface area (Å²) in [4.78, 5) is 12.9. The molecule has 1 fully saturated rings. The number of benzene rings is 1. The molecule has 128 valence electrons. The molecule has 1 aromatic carbocycles. The van der Waals surface area contributed by atoms with Crippen LogP contribution in [0.3, 0.4) is 0 Å². The van der Waals surface area contributed by atoms with Crippen LogP contribution in [0.5, 0.6) is 0 Å². The molecule has 2 heterocycles. The zero-order chi connectivity index (χ0) is 17.1. The molecule has 4 nitrogen and oxygen atoms in total. The molecule has 3 rings (SSSR count). The van der Waals surface area contributed by atoms with E-state index in [9.17, 15) is 8.78 Å². The molecule has 0 radical (unpaired) electrons. The summed E-state index contributed by atoms with van der Waals surface area (Å²) in [5, 5.41) is 0. The van der Waals surface area contributed by atoms with Gasteiger partial charge in [0.2, 0.25) is 5.95 Å². The molecule has 2 aromatic rings. The van der Waals surface area contributed by atoms with Gasteiger partial charge in [0.25, 0.3) is 0 Å². The highest BCUT2D eigenvalue weighted by atomic mass is 19.1. The van der Waals surface area contributed by atoms with E-state index in [1.54, 1.807) is 0 Å². The predicted octanol–water partition coefficient (Wildman–Crippen LogP) is 2.89. The zero-order valence-corrected chi connectivity index (χ0v) is 14.0. The molecule has 1 aromatic heterocycles. The number of nitrogens with zero attached hydrogens (tertiary/aromatic N) is 4. The van der Waals surface area contributed by atoms with Crippen LogP contribution >= 0.6 is 0 Å². The number of likely N-dealkylation sites (tertiary alicyclic amines) is 1. The van der Waals surface area contributed by atoms with Crippen LogP contribution in [0.25, 0.3) is 0 Å². The minimum atomic E-state index is -0.502. The molecule has 1 unspecified atom stereocenters. The molecule has 1 aliphatic rings. The standard InChI is InChI=1S/C18H22F2N4/c1-23(2)18-21-9-15(10-22-18)12-24-4-3-13(11-24)5-14-6-16(19)8-17(20)7-14/h6-10,13H,3-5,11-12H2,1-2H3. The summed E-state index contributed by atoms with van der Waals surface area (Å²) in [6.45, 7) is 2.72. The van der Waals surface area contributed by atoms with Gasteiger partial charge in [-0.05, 0) is 43.0 Å². The fourth-order valence-corrected chi connectivity index (χ4v) is 3.20. The third-order valence-electron chi connectivity index (χ3n) is 4.31. The van der Waals surface area contributed by atoms with Gasteiger partial charge in [-0.1, -0.05) is 0 Å². The van der Waals surface area contributed by atoms with Crippen LogP contribution < -0.4 is 4.90 Å². The van der Waals surface area contributed by atoms with Crippen molar-refractivity contribution in [2.24, 2.45) is 5.92 Å². The molecule has 1 atom stereocenters. The summed E-state index contributed by atoms with van der Waals surface area (Å²) in [6, 6.07) is 3.78. The normalized spacial score (nSPS) is 18.1. The minimum Gasteiger partial charge on any atom is -0.347 e. The van der Waals surface area contributed by atoms with Gasteiger partial charge in [-0.25, -0.2) is 18.7 Å². The molecule has 0 bridgehead atoms. The van der Waals surface area contributed by atoms with Crippen molar-refractivity contribution in [3.63, 3.8) is 0 Å². The van der Waals surface area contributed by atoms with E-state index in [1.165, 1.54) is 12.1 Å². The highest BCUT2D eigenvalue weighted by molar-refractivity contribution is 5.26. The van der Waals surface area contributed by atoms with E-state index in [0.29, 0.717) is 18.3 Å². The van der Waals surface area contributed by atoms with Crippen LogP contribution in [-0.2, 0) is 13.0 Å². The topological polar surface area (TPSA) is 32.3 Å². The molecule has 0 spiro atoms. The van der Waals surface area contributed by atoms with Crippen LogP contribution in [0.4, 0.5) is 14.7 Å². The first kappa shape index (κ1) is 16.8. The maximum absolute atomic E-state index is 13.3. The van der Waals surface area contributed by atoms with E-state index in [2.05, 4.69) is 14.9 Å². The SMILES string of the molecule is CN(C)c1ncc(CN2CCC(Cc3cc(F)cc(F)c3)C2)cn1. The Morgan fingerprint density at radius 3 is 2.38 bits per heavy atom. The van der Waals surface area contributed by atoms with Gasteiger partial charge in [0, 0.05) is 51.2 Å². The van der Waals surface area contributed by atoms with Crippen LogP contribution in [0.15, 0.2) is 30.6 Å². The van der Waals surface area contributed by atoms with Crippen molar-refractivity contribution in [1.29, 1.82) is 0 Å². The van der Waals surface area contributed by atoms with Gasteiger partial charge < -0.3 is 4.90 Å². The quantitative estimate of drug-likeness (QED) is 0.843. The molecular weight excluding hydrogens is 310 g/mol. The van der Waals surface area contributed by atoms with Crippen molar-refractivity contribution < 1.29 is 8.78 Å². The van der Waals surface area contributed by atoms with Gasteiger partial charge in [0.15, 0.2) is 0 Å². The van der Waals surface area contributed by atoms with E-state index >= 15 is 0 Å².